The summed E-state index contributed by atoms with van der Waals surface area (Å²) in [5.74, 6) is 0.619. The molecule has 0 bridgehead atoms. The van der Waals surface area contributed by atoms with Crippen LogP contribution in [0.2, 0.25) is 0 Å². The largest absolute Gasteiger partial charge is 0.467 e. The molecule has 0 atom stereocenters. The molecular weight excluding hydrogens is 132 g/mol. The standard InChI is InChI=1S/C5H8N4O/c1-10-5-8-3(6)2-4(7)9-5/h2H,1H3,(H4,6,7,8,9). The quantitative estimate of drug-likeness (QED) is 0.556. The Morgan fingerprint density at radius 1 is 1.30 bits per heavy atom. The minimum atomic E-state index is 0.192. The van der Waals surface area contributed by atoms with Crippen LogP contribution in [0.4, 0.5) is 11.6 Å². The van der Waals surface area contributed by atoms with Gasteiger partial charge < -0.3 is 16.2 Å². The first-order chi connectivity index (χ1) is 4.72. The summed E-state index contributed by atoms with van der Waals surface area (Å²) < 4.78 is 4.69. The van der Waals surface area contributed by atoms with Gasteiger partial charge in [0.15, 0.2) is 0 Å². The molecule has 0 aliphatic rings. The summed E-state index contributed by atoms with van der Waals surface area (Å²) >= 11 is 0. The van der Waals surface area contributed by atoms with Crippen molar-refractivity contribution in [1.29, 1.82) is 0 Å². The highest BCUT2D eigenvalue weighted by Crippen LogP contribution is 2.08. The number of nitrogens with two attached hydrogens (primary N) is 2. The highest BCUT2D eigenvalue weighted by Gasteiger charge is 1.96. The average Bonchev–Trinajstić information content (AvgIpc) is 1.85. The number of anilines is 2. The van der Waals surface area contributed by atoms with Crippen LogP contribution >= 0.6 is 0 Å². The topological polar surface area (TPSA) is 87.0 Å². The zero-order valence-electron chi connectivity index (χ0n) is 5.53. The van der Waals surface area contributed by atoms with E-state index < -0.39 is 0 Å². The zero-order chi connectivity index (χ0) is 7.56. The molecule has 0 aromatic carbocycles. The molecular formula is C5H8N4O. The lowest BCUT2D eigenvalue weighted by Crippen LogP contribution is -2.00. The van der Waals surface area contributed by atoms with Crippen molar-refractivity contribution in [2.45, 2.75) is 0 Å². The van der Waals surface area contributed by atoms with E-state index in [-0.39, 0.29) is 6.01 Å². The Morgan fingerprint density at radius 3 is 2.20 bits per heavy atom. The van der Waals surface area contributed by atoms with E-state index >= 15 is 0 Å². The summed E-state index contributed by atoms with van der Waals surface area (Å²) in [4.78, 5) is 7.43. The predicted octanol–water partition coefficient (Wildman–Crippen LogP) is -0.350. The molecule has 5 nitrogen and oxygen atoms in total. The van der Waals surface area contributed by atoms with Gasteiger partial charge in [-0.25, -0.2) is 0 Å². The molecule has 0 unspecified atom stereocenters. The predicted molar refractivity (Wildman–Crippen MR) is 37.4 cm³/mol. The van der Waals surface area contributed by atoms with Crippen molar-refractivity contribution in [3.8, 4) is 6.01 Å². The Hall–Kier alpha value is -1.52. The maximum Gasteiger partial charge on any atom is 0.320 e. The molecule has 5 heteroatoms. The highest BCUT2D eigenvalue weighted by molar-refractivity contribution is 5.41. The first-order valence-electron chi connectivity index (χ1n) is 2.66. The molecule has 0 amide bonds. The van der Waals surface area contributed by atoms with Crippen LogP contribution in [-0.2, 0) is 0 Å². The molecule has 1 rings (SSSR count). The Bertz CT molecular complexity index is 217. The maximum absolute atomic E-state index is 5.32. The van der Waals surface area contributed by atoms with Crippen LogP contribution in [-0.4, -0.2) is 17.1 Å². The molecule has 0 saturated heterocycles. The van der Waals surface area contributed by atoms with E-state index in [0.717, 1.165) is 0 Å². The molecule has 0 aliphatic carbocycles. The number of hydrogen-bond acceptors (Lipinski definition) is 5. The van der Waals surface area contributed by atoms with Gasteiger partial charge in [0.1, 0.15) is 11.6 Å². The normalized spacial score (nSPS) is 9.30. The van der Waals surface area contributed by atoms with Gasteiger partial charge in [-0.1, -0.05) is 0 Å². The highest BCUT2D eigenvalue weighted by atomic mass is 16.5. The molecule has 0 spiro atoms. The van der Waals surface area contributed by atoms with E-state index in [9.17, 15) is 0 Å². The lowest BCUT2D eigenvalue weighted by molar-refractivity contribution is 0.381. The van der Waals surface area contributed by atoms with Crippen LogP contribution < -0.4 is 16.2 Å². The second-order valence-corrected chi connectivity index (χ2v) is 1.70. The molecule has 10 heavy (non-hydrogen) atoms. The van der Waals surface area contributed by atoms with Gasteiger partial charge in [0.05, 0.1) is 7.11 Å². The van der Waals surface area contributed by atoms with Crippen molar-refractivity contribution < 1.29 is 4.74 Å². The minimum Gasteiger partial charge on any atom is -0.467 e. The fourth-order valence-electron chi connectivity index (χ4n) is 0.553. The third-order valence-electron chi connectivity index (χ3n) is 0.928. The van der Waals surface area contributed by atoms with Crippen LogP contribution in [0.25, 0.3) is 0 Å². The Morgan fingerprint density at radius 2 is 1.80 bits per heavy atom. The van der Waals surface area contributed by atoms with Gasteiger partial charge in [-0.2, -0.15) is 9.97 Å². The number of nitrogens with zero attached hydrogens (tertiary/aromatic N) is 2. The van der Waals surface area contributed by atoms with Gasteiger partial charge in [-0.05, 0) is 0 Å². The molecule has 1 aromatic heterocycles. The summed E-state index contributed by atoms with van der Waals surface area (Å²) in [5.41, 5.74) is 10.6. The van der Waals surface area contributed by atoms with Crippen molar-refractivity contribution in [3.63, 3.8) is 0 Å². The molecule has 4 N–H and O–H groups in total. The van der Waals surface area contributed by atoms with Gasteiger partial charge in [0, 0.05) is 6.07 Å². The van der Waals surface area contributed by atoms with E-state index in [0.29, 0.717) is 11.6 Å². The molecule has 0 fully saturated rings. The van der Waals surface area contributed by atoms with Crippen molar-refractivity contribution >= 4 is 11.6 Å². The second kappa shape index (κ2) is 2.38. The van der Waals surface area contributed by atoms with Crippen LogP contribution in [0.1, 0.15) is 0 Å². The van der Waals surface area contributed by atoms with E-state index in [1.54, 1.807) is 0 Å². The minimum absolute atomic E-state index is 0.192. The fraction of sp³-hybridized carbons (Fsp3) is 0.200. The number of nitrogen functional groups attached to an aromatic ring is 2. The molecule has 1 aromatic rings. The molecule has 1 heterocycles. The number of methoxy groups -OCH3 is 1. The van der Waals surface area contributed by atoms with Crippen LogP contribution in [0.3, 0.4) is 0 Å². The van der Waals surface area contributed by atoms with E-state index in [4.69, 9.17) is 16.2 Å². The van der Waals surface area contributed by atoms with Gasteiger partial charge >= 0.3 is 6.01 Å². The first-order valence-corrected chi connectivity index (χ1v) is 2.66. The molecule has 54 valence electrons. The monoisotopic (exact) mass is 140 g/mol. The van der Waals surface area contributed by atoms with Crippen LogP contribution in [0.15, 0.2) is 6.07 Å². The summed E-state index contributed by atoms with van der Waals surface area (Å²) in [5, 5.41) is 0. The van der Waals surface area contributed by atoms with Crippen molar-refractivity contribution in [1.82, 2.24) is 9.97 Å². The molecule has 0 saturated carbocycles. The third kappa shape index (κ3) is 1.25. The summed E-state index contributed by atoms with van der Waals surface area (Å²) in [7, 11) is 1.45. The molecule has 0 aliphatic heterocycles. The maximum atomic E-state index is 5.32. The fourth-order valence-corrected chi connectivity index (χ4v) is 0.553. The summed E-state index contributed by atoms with van der Waals surface area (Å²) in [6, 6.07) is 1.65. The van der Waals surface area contributed by atoms with Gasteiger partial charge in [0.2, 0.25) is 0 Å². The van der Waals surface area contributed by atoms with Gasteiger partial charge in [-0.15, -0.1) is 0 Å². The van der Waals surface area contributed by atoms with Crippen molar-refractivity contribution in [3.05, 3.63) is 6.07 Å². The van der Waals surface area contributed by atoms with E-state index in [1.807, 2.05) is 0 Å². The Labute approximate surface area is 58.0 Å². The van der Waals surface area contributed by atoms with E-state index in [1.165, 1.54) is 13.2 Å². The Balaban J connectivity index is 3.06. The van der Waals surface area contributed by atoms with Crippen LogP contribution in [0, 0.1) is 0 Å². The smallest absolute Gasteiger partial charge is 0.320 e. The average molecular weight is 140 g/mol. The SMILES string of the molecule is COc1nc(N)cc(N)n1. The number of ether oxygens (including phenoxy) is 1. The van der Waals surface area contributed by atoms with Gasteiger partial charge in [-0.3, -0.25) is 0 Å². The lowest BCUT2D eigenvalue weighted by Gasteiger charge is -1.98. The molecule has 0 radical (unpaired) electrons. The number of rotatable bonds is 1. The summed E-state index contributed by atoms with van der Waals surface area (Å²) in [6.07, 6.45) is 0. The second-order valence-electron chi connectivity index (χ2n) is 1.70. The van der Waals surface area contributed by atoms with Crippen molar-refractivity contribution in [2.24, 2.45) is 0 Å². The zero-order valence-corrected chi connectivity index (χ0v) is 5.53. The van der Waals surface area contributed by atoms with Crippen molar-refractivity contribution in [2.75, 3.05) is 18.6 Å². The van der Waals surface area contributed by atoms with Gasteiger partial charge in [0.25, 0.3) is 0 Å². The first kappa shape index (κ1) is 6.60. The van der Waals surface area contributed by atoms with E-state index in [2.05, 4.69) is 9.97 Å². The number of aromatic nitrogens is 2. The lowest BCUT2D eigenvalue weighted by atomic mass is 10.5. The summed E-state index contributed by atoms with van der Waals surface area (Å²) in [6.45, 7) is 0. The number of hydrogen-bond donors (Lipinski definition) is 2. The Kier molecular flexibility index (Phi) is 1.57. The third-order valence-corrected chi connectivity index (χ3v) is 0.928. The van der Waals surface area contributed by atoms with Crippen LogP contribution in [0.5, 0.6) is 6.01 Å².